The number of hydrogen-bond acceptors (Lipinski definition) is 4. The van der Waals surface area contributed by atoms with Crippen LogP contribution in [0.5, 0.6) is 0 Å². The smallest absolute Gasteiger partial charge is 0.135 e. The lowest BCUT2D eigenvalue weighted by Gasteiger charge is -2.09. The Morgan fingerprint density at radius 2 is 1.88 bits per heavy atom. The fourth-order valence-electron chi connectivity index (χ4n) is 1.30. The molecule has 1 heterocycles. The molecular weight excluding hydrogens is 259 g/mol. The van der Waals surface area contributed by atoms with Crippen LogP contribution in [0.2, 0.25) is 10.0 Å². The summed E-state index contributed by atoms with van der Waals surface area (Å²) < 4.78 is 0. The average molecular weight is 269 g/mol. The quantitative estimate of drug-likeness (QED) is 0.894. The zero-order valence-electron chi connectivity index (χ0n) is 9.04. The summed E-state index contributed by atoms with van der Waals surface area (Å²) in [4.78, 5) is 8.11. The van der Waals surface area contributed by atoms with E-state index in [1.807, 2.05) is 12.1 Å². The van der Waals surface area contributed by atoms with Crippen LogP contribution in [0.1, 0.15) is 0 Å². The lowest BCUT2D eigenvalue weighted by atomic mass is 10.3. The van der Waals surface area contributed by atoms with Crippen molar-refractivity contribution in [3.63, 3.8) is 0 Å². The van der Waals surface area contributed by atoms with Gasteiger partial charge in [-0.25, -0.2) is 9.97 Å². The highest BCUT2D eigenvalue weighted by Crippen LogP contribution is 2.31. The lowest BCUT2D eigenvalue weighted by molar-refractivity contribution is 1.16. The topological polar surface area (TPSA) is 49.8 Å². The highest BCUT2D eigenvalue weighted by molar-refractivity contribution is 6.43. The third-order valence-corrected chi connectivity index (χ3v) is 2.96. The van der Waals surface area contributed by atoms with Gasteiger partial charge >= 0.3 is 0 Å². The van der Waals surface area contributed by atoms with Gasteiger partial charge < -0.3 is 10.6 Å². The molecule has 0 radical (unpaired) electrons. The predicted molar refractivity (Wildman–Crippen MR) is 71.3 cm³/mol. The zero-order chi connectivity index (χ0) is 12.3. The van der Waals surface area contributed by atoms with E-state index < -0.39 is 0 Å². The Morgan fingerprint density at radius 3 is 2.65 bits per heavy atom. The van der Waals surface area contributed by atoms with Gasteiger partial charge in [-0.1, -0.05) is 29.3 Å². The van der Waals surface area contributed by atoms with Gasteiger partial charge in [-0.05, 0) is 12.1 Å². The Kier molecular flexibility index (Phi) is 3.66. The lowest BCUT2D eigenvalue weighted by Crippen LogP contribution is -1.98. The van der Waals surface area contributed by atoms with Crippen molar-refractivity contribution in [2.45, 2.75) is 0 Å². The van der Waals surface area contributed by atoms with E-state index in [0.717, 1.165) is 5.82 Å². The number of benzene rings is 1. The first-order valence-electron chi connectivity index (χ1n) is 4.91. The van der Waals surface area contributed by atoms with Crippen LogP contribution in [0.4, 0.5) is 17.3 Å². The van der Waals surface area contributed by atoms with Crippen LogP contribution in [-0.2, 0) is 0 Å². The number of hydrogen-bond donors (Lipinski definition) is 2. The Balaban J connectivity index is 2.28. The van der Waals surface area contributed by atoms with Gasteiger partial charge in [-0.3, -0.25) is 0 Å². The van der Waals surface area contributed by atoms with Crippen LogP contribution in [-0.4, -0.2) is 17.0 Å². The largest absolute Gasteiger partial charge is 0.373 e. The molecule has 4 nitrogen and oxygen atoms in total. The second-order valence-corrected chi connectivity index (χ2v) is 4.05. The van der Waals surface area contributed by atoms with Crippen LogP contribution in [0.3, 0.4) is 0 Å². The molecule has 2 N–H and O–H groups in total. The number of rotatable bonds is 3. The van der Waals surface area contributed by atoms with Crippen LogP contribution < -0.4 is 10.6 Å². The van der Waals surface area contributed by atoms with E-state index in [1.165, 1.54) is 6.33 Å². The third-order valence-electron chi connectivity index (χ3n) is 2.14. The molecule has 0 bridgehead atoms. The number of halogens is 2. The highest BCUT2D eigenvalue weighted by Gasteiger charge is 2.05. The number of nitrogens with one attached hydrogen (secondary N) is 2. The number of aromatic nitrogens is 2. The second-order valence-electron chi connectivity index (χ2n) is 3.26. The molecule has 1 aromatic heterocycles. The molecular formula is C11H10Cl2N4. The average Bonchev–Trinajstić information content (AvgIpc) is 2.35. The van der Waals surface area contributed by atoms with Crippen molar-refractivity contribution in [2.24, 2.45) is 0 Å². The van der Waals surface area contributed by atoms with Gasteiger partial charge in [-0.2, -0.15) is 0 Å². The summed E-state index contributed by atoms with van der Waals surface area (Å²) in [5.74, 6) is 1.37. The van der Waals surface area contributed by atoms with Gasteiger partial charge in [0.2, 0.25) is 0 Å². The molecule has 0 unspecified atom stereocenters. The minimum absolute atomic E-state index is 0.471. The van der Waals surface area contributed by atoms with Crippen LogP contribution in [0, 0.1) is 0 Å². The van der Waals surface area contributed by atoms with Crippen molar-refractivity contribution >= 4 is 40.5 Å². The monoisotopic (exact) mass is 268 g/mol. The molecule has 1 aromatic carbocycles. The van der Waals surface area contributed by atoms with Gasteiger partial charge in [0.1, 0.15) is 18.0 Å². The minimum atomic E-state index is 0.471. The molecule has 0 amide bonds. The van der Waals surface area contributed by atoms with Gasteiger partial charge in [0.15, 0.2) is 0 Å². The number of anilines is 3. The van der Waals surface area contributed by atoms with E-state index in [1.54, 1.807) is 19.2 Å². The van der Waals surface area contributed by atoms with Crippen LogP contribution in [0.25, 0.3) is 0 Å². The maximum Gasteiger partial charge on any atom is 0.135 e. The van der Waals surface area contributed by atoms with Gasteiger partial charge in [-0.15, -0.1) is 0 Å². The van der Waals surface area contributed by atoms with Gasteiger partial charge in [0.25, 0.3) is 0 Å². The first kappa shape index (κ1) is 12.0. The fraction of sp³-hybridized carbons (Fsp3) is 0.0909. The third kappa shape index (κ3) is 2.78. The van der Waals surface area contributed by atoms with E-state index in [4.69, 9.17) is 23.2 Å². The standard InChI is InChI=1S/C11H10Cl2N4/c1-14-9-5-10(16-6-15-9)17-8-4-2-3-7(12)11(8)13/h2-6H,1H3,(H2,14,15,16,17). The minimum Gasteiger partial charge on any atom is -0.373 e. The van der Waals surface area contributed by atoms with Crippen molar-refractivity contribution in [1.29, 1.82) is 0 Å². The van der Waals surface area contributed by atoms with Crippen molar-refractivity contribution in [2.75, 3.05) is 17.7 Å². The molecule has 0 saturated heterocycles. The summed E-state index contributed by atoms with van der Waals surface area (Å²) in [5.41, 5.74) is 0.708. The molecule has 0 aliphatic carbocycles. The normalized spacial score (nSPS) is 10.1. The molecule has 0 spiro atoms. The molecule has 88 valence electrons. The zero-order valence-corrected chi connectivity index (χ0v) is 10.5. The van der Waals surface area contributed by atoms with E-state index in [2.05, 4.69) is 20.6 Å². The molecule has 2 aromatic rings. The maximum atomic E-state index is 6.06. The maximum absolute atomic E-state index is 6.06. The first-order valence-corrected chi connectivity index (χ1v) is 5.67. The van der Waals surface area contributed by atoms with Crippen LogP contribution >= 0.6 is 23.2 Å². The Bertz CT molecular complexity index is 531. The summed E-state index contributed by atoms with van der Waals surface area (Å²) in [7, 11) is 1.79. The van der Waals surface area contributed by atoms with Crippen LogP contribution in [0.15, 0.2) is 30.6 Å². The van der Waals surface area contributed by atoms with Crippen molar-refractivity contribution < 1.29 is 0 Å². The van der Waals surface area contributed by atoms with E-state index in [0.29, 0.717) is 21.6 Å². The van der Waals surface area contributed by atoms with Gasteiger partial charge in [0.05, 0.1) is 15.7 Å². The molecule has 6 heteroatoms. The summed E-state index contributed by atoms with van der Waals surface area (Å²) in [5, 5.41) is 6.98. The van der Waals surface area contributed by atoms with Gasteiger partial charge in [0, 0.05) is 13.1 Å². The first-order chi connectivity index (χ1) is 8.20. The molecule has 17 heavy (non-hydrogen) atoms. The molecule has 0 fully saturated rings. The Hall–Kier alpha value is -1.52. The predicted octanol–water partition coefficient (Wildman–Crippen LogP) is 3.57. The van der Waals surface area contributed by atoms with E-state index >= 15 is 0 Å². The van der Waals surface area contributed by atoms with Crippen molar-refractivity contribution in [3.8, 4) is 0 Å². The van der Waals surface area contributed by atoms with E-state index in [-0.39, 0.29) is 0 Å². The molecule has 2 rings (SSSR count). The second kappa shape index (κ2) is 5.21. The molecule has 0 aliphatic heterocycles. The highest BCUT2D eigenvalue weighted by atomic mass is 35.5. The SMILES string of the molecule is CNc1cc(Nc2cccc(Cl)c2Cl)ncn1. The summed E-state index contributed by atoms with van der Waals surface area (Å²) >= 11 is 12.0. The Morgan fingerprint density at radius 1 is 1.12 bits per heavy atom. The summed E-state index contributed by atoms with van der Waals surface area (Å²) in [6, 6.07) is 7.15. The molecule has 0 saturated carbocycles. The summed E-state index contributed by atoms with van der Waals surface area (Å²) in [6.07, 6.45) is 1.46. The Labute approximate surface area is 109 Å². The van der Waals surface area contributed by atoms with Crippen molar-refractivity contribution in [3.05, 3.63) is 40.6 Å². The van der Waals surface area contributed by atoms with E-state index in [9.17, 15) is 0 Å². The molecule has 0 aliphatic rings. The molecule has 0 atom stereocenters. The van der Waals surface area contributed by atoms with Crippen molar-refractivity contribution in [1.82, 2.24) is 9.97 Å². The summed E-state index contributed by atoms with van der Waals surface area (Å²) in [6.45, 7) is 0. The fourth-order valence-corrected chi connectivity index (χ4v) is 1.65. The number of nitrogens with zero attached hydrogens (tertiary/aromatic N) is 2.